The number of thioether (sulfide) groups is 1. The normalized spacial score (nSPS) is 13.6. The van der Waals surface area contributed by atoms with E-state index >= 15 is 0 Å². The van der Waals surface area contributed by atoms with Crippen molar-refractivity contribution in [1.29, 1.82) is 0 Å². The molecule has 0 bridgehead atoms. The van der Waals surface area contributed by atoms with Crippen molar-refractivity contribution in [2.45, 2.75) is 18.0 Å². The fourth-order valence-corrected chi connectivity index (χ4v) is 4.62. The van der Waals surface area contributed by atoms with Gasteiger partial charge in [0.05, 0.1) is 18.6 Å². The lowest BCUT2D eigenvalue weighted by Crippen LogP contribution is -2.29. The molecule has 30 heavy (non-hydrogen) atoms. The molecule has 2 aromatic carbocycles. The number of hydrogen-bond donors (Lipinski definition) is 0. The van der Waals surface area contributed by atoms with Gasteiger partial charge in [-0.25, -0.2) is 0 Å². The van der Waals surface area contributed by atoms with Crippen molar-refractivity contribution in [2.75, 3.05) is 26.0 Å². The molecule has 0 spiro atoms. The number of likely N-dealkylation sites (tertiary alicyclic amines) is 1. The number of methoxy groups -OCH3 is 1. The number of hydrogen-bond acceptors (Lipinski definition) is 5. The Balaban J connectivity index is 1.75. The molecule has 1 aliphatic rings. The SMILES string of the molecule is COc1ccc(Cl)cc1-n1c(SCC(=O)N2CCCC2)nnc1-c1cccc(Cl)c1. The van der Waals surface area contributed by atoms with E-state index in [9.17, 15) is 4.79 Å². The quantitative estimate of drug-likeness (QED) is 0.484. The third kappa shape index (κ3) is 4.43. The van der Waals surface area contributed by atoms with Crippen molar-refractivity contribution in [1.82, 2.24) is 19.7 Å². The monoisotopic (exact) mass is 462 g/mol. The van der Waals surface area contributed by atoms with Gasteiger partial charge in [0, 0.05) is 28.7 Å². The number of carbonyl (C=O) groups excluding carboxylic acids is 1. The summed E-state index contributed by atoms with van der Waals surface area (Å²) in [5.74, 6) is 1.61. The smallest absolute Gasteiger partial charge is 0.233 e. The molecular weight excluding hydrogens is 443 g/mol. The van der Waals surface area contributed by atoms with Gasteiger partial charge in [0.2, 0.25) is 5.91 Å². The van der Waals surface area contributed by atoms with Gasteiger partial charge in [0.25, 0.3) is 0 Å². The number of benzene rings is 2. The lowest BCUT2D eigenvalue weighted by atomic mass is 10.2. The fraction of sp³-hybridized carbons (Fsp3) is 0.286. The Hall–Kier alpha value is -2.22. The highest BCUT2D eigenvalue weighted by Crippen LogP contribution is 2.35. The van der Waals surface area contributed by atoms with Crippen molar-refractivity contribution in [3.63, 3.8) is 0 Å². The molecule has 1 fully saturated rings. The molecule has 156 valence electrons. The Morgan fingerprint density at radius 2 is 1.87 bits per heavy atom. The molecule has 1 aliphatic heterocycles. The van der Waals surface area contributed by atoms with Gasteiger partial charge < -0.3 is 9.64 Å². The number of rotatable bonds is 6. The summed E-state index contributed by atoms with van der Waals surface area (Å²) in [5.41, 5.74) is 1.50. The first kappa shape index (κ1) is 21.0. The van der Waals surface area contributed by atoms with Crippen molar-refractivity contribution in [2.24, 2.45) is 0 Å². The van der Waals surface area contributed by atoms with E-state index < -0.39 is 0 Å². The molecule has 0 atom stereocenters. The lowest BCUT2D eigenvalue weighted by molar-refractivity contribution is -0.127. The highest BCUT2D eigenvalue weighted by Gasteiger charge is 2.23. The van der Waals surface area contributed by atoms with E-state index in [-0.39, 0.29) is 11.7 Å². The second-order valence-electron chi connectivity index (χ2n) is 6.84. The minimum atomic E-state index is 0.106. The second-order valence-corrected chi connectivity index (χ2v) is 8.66. The number of amides is 1. The van der Waals surface area contributed by atoms with Gasteiger partial charge in [-0.2, -0.15) is 0 Å². The maximum Gasteiger partial charge on any atom is 0.233 e. The highest BCUT2D eigenvalue weighted by molar-refractivity contribution is 7.99. The van der Waals surface area contributed by atoms with Crippen LogP contribution in [0.25, 0.3) is 17.1 Å². The van der Waals surface area contributed by atoms with Crippen LogP contribution in [-0.4, -0.2) is 51.5 Å². The van der Waals surface area contributed by atoms with Gasteiger partial charge >= 0.3 is 0 Å². The van der Waals surface area contributed by atoms with E-state index in [0.717, 1.165) is 31.5 Å². The van der Waals surface area contributed by atoms with Crippen LogP contribution in [0.15, 0.2) is 47.6 Å². The molecule has 4 rings (SSSR count). The molecule has 1 amide bonds. The molecule has 3 aromatic rings. The first-order chi connectivity index (χ1) is 14.6. The van der Waals surface area contributed by atoms with E-state index in [1.807, 2.05) is 27.7 Å². The van der Waals surface area contributed by atoms with Gasteiger partial charge in [-0.3, -0.25) is 9.36 Å². The maximum absolute atomic E-state index is 12.5. The van der Waals surface area contributed by atoms with Crippen LogP contribution in [0, 0.1) is 0 Å². The molecule has 0 aliphatic carbocycles. The van der Waals surface area contributed by atoms with Crippen LogP contribution in [0.3, 0.4) is 0 Å². The predicted octanol–water partition coefficient (Wildman–Crippen LogP) is 4.96. The largest absolute Gasteiger partial charge is 0.495 e. The zero-order valence-corrected chi connectivity index (χ0v) is 18.7. The number of ether oxygens (including phenoxy) is 1. The first-order valence-corrected chi connectivity index (χ1v) is 11.3. The second kappa shape index (κ2) is 9.29. The van der Waals surface area contributed by atoms with Crippen LogP contribution in [-0.2, 0) is 4.79 Å². The molecule has 2 heterocycles. The van der Waals surface area contributed by atoms with E-state index in [2.05, 4.69) is 10.2 Å². The van der Waals surface area contributed by atoms with Crippen molar-refractivity contribution in [3.8, 4) is 22.8 Å². The molecule has 9 heteroatoms. The van der Waals surface area contributed by atoms with Gasteiger partial charge in [0.1, 0.15) is 5.75 Å². The third-order valence-electron chi connectivity index (χ3n) is 4.88. The summed E-state index contributed by atoms with van der Waals surface area (Å²) in [6, 6.07) is 12.7. The Labute approximate surface area is 189 Å². The number of carbonyl (C=O) groups is 1. The first-order valence-electron chi connectivity index (χ1n) is 9.52. The van der Waals surface area contributed by atoms with E-state index in [0.29, 0.717) is 32.5 Å². The Bertz CT molecular complexity index is 1070. The molecule has 1 aromatic heterocycles. The average Bonchev–Trinajstić information content (AvgIpc) is 3.42. The van der Waals surface area contributed by atoms with Crippen LogP contribution in [0.4, 0.5) is 0 Å². The number of halogens is 2. The van der Waals surface area contributed by atoms with Gasteiger partial charge in [-0.05, 0) is 43.2 Å². The summed E-state index contributed by atoms with van der Waals surface area (Å²) in [5, 5.41) is 10.5. The number of nitrogens with zero attached hydrogens (tertiary/aromatic N) is 4. The molecule has 1 saturated heterocycles. The molecular formula is C21H20Cl2N4O2S. The summed E-state index contributed by atoms with van der Waals surface area (Å²) in [6.45, 7) is 1.64. The van der Waals surface area contributed by atoms with Crippen LogP contribution in [0.5, 0.6) is 5.75 Å². The average molecular weight is 463 g/mol. The summed E-state index contributed by atoms with van der Waals surface area (Å²) in [7, 11) is 1.60. The zero-order chi connectivity index (χ0) is 21.1. The van der Waals surface area contributed by atoms with Crippen molar-refractivity contribution >= 4 is 40.9 Å². The fourth-order valence-electron chi connectivity index (χ4n) is 3.42. The van der Waals surface area contributed by atoms with E-state index in [1.165, 1.54) is 11.8 Å². The van der Waals surface area contributed by atoms with Gasteiger partial charge in [-0.15, -0.1) is 10.2 Å². The number of aromatic nitrogens is 3. The van der Waals surface area contributed by atoms with Gasteiger partial charge in [-0.1, -0.05) is 47.1 Å². The Morgan fingerprint density at radius 1 is 1.10 bits per heavy atom. The van der Waals surface area contributed by atoms with E-state index in [4.69, 9.17) is 27.9 Å². The van der Waals surface area contributed by atoms with Crippen LogP contribution in [0.2, 0.25) is 10.0 Å². The van der Waals surface area contributed by atoms with Crippen molar-refractivity contribution in [3.05, 3.63) is 52.5 Å². The minimum absolute atomic E-state index is 0.106. The predicted molar refractivity (Wildman–Crippen MR) is 120 cm³/mol. The summed E-state index contributed by atoms with van der Waals surface area (Å²) in [6.07, 6.45) is 2.12. The standard InChI is InChI=1S/C21H20Cl2N4O2S/c1-29-18-8-7-16(23)12-17(18)27-20(14-5-4-6-15(22)11-14)24-25-21(27)30-13-19(28)26-9-2-3-10-26/h4-8,11-12H,2-3,9-10,13H2,1H3. The van der Waals surface area contributed by atoms with Crippen LogP contribution < -0.4 is 4.74 Å². The van der Waals surface area contributed by atoms with Crippen molar-refractivity contribution < 1.29 is 9.53 Å². The molecule has 0 radical (unpaired) electrons. The van der Waals surface area contributed by atoms with Gasteiger partial charge in [0.15, 0.2) is 11.0 Å². The zero-order valence-electron chi connectivity index (χ0n) is 16.3. The molecule has 0 saturated carbocycles. The lowest BCUT2D eigenvalue weighted by Gasteiger charge is -2.16. The maximum atomic E-state index is 12.5. The minimum Gasteiger partial charge on any atom is -0.495 e. The summed E-state index contributed by atoms with van der Waals surface area (Å²) < 4.78 is 7.41. The third-order valence-corrected chi connectivity index (χ3v) is 6.27. The summed E-state index contributed by atoms with van der Waals surface area (Å²) in [4.78, 5) is 14.4. The topological polar surface area (TPSA) is 60.2 Å². The molecule has 0 unspecified atom stereocenters. The Morgan fingerprint density at radius 3 is 2.60 bits per heavy atom. The molecule has 6 nitrogen and oxygen atoms in total. The van der Waals surface area contributed by atoms with Crippen LogP contribution in [0.1, 0.15) is 12.8 Å². The summed E-state index contributed by atoms with van der Waals surface area (Å²) >= 11 is 13.8. The molecule has 0 N–H and O–H groups in total. The highest BCUT2D eigenvalue weighted by atomic mass is 35.5. The Kier molecular flexibility index (Phi) is 6.51. The van der Waals surface area contributed by atoms with Crippen LogP contribution >= 0.6 is 35.0 Å². The van der Waals surface area contributed by atoms with E-state index in [1.54, 1.807) is 31.4 Å².